The van der Waals surface area contributed by atoms with Gasteiger partial charge in [-0.15, -0.1) is 0 Å². The van der Waals surface area contributed by atoms with E-state index in [1.807, 2.05) is 158 Å². The molecule has 0 radical (unpaired) electrons. The maximum atomic E-state index is 6.59. The van der Waals surface area contributed by atoms with Gasteiger partial charge < -0.3 is 28.4 Å². The Hall–Kier alpha value is -12.8. The summed E-state index contributed by atoms with van der Waals surface area (Å²) in [4.78, 5) is 19.2. The van der Waals surface area contributed by atoms with E-state index in [4.69, 9.17) is 38.4 Å². The average molecular weight is 1430 g/mol. The first-order valence-electron chi connectivity index (χ1n) is 34.5. The van der Waals surface area contributed by atoms with E-state index >= 15 is 0 Å². The highest BCUT2D eigenvalue weighted by Gasteiger charge is 2.41. The molecule has 16 aromatic rings. The van der Waals surface area contributed by atoms with E-state index in [1.165, 1.54) is 33.4 Å². The predicted molar refractivity (Wildman–Crippen MR) is 426 cm³/mol. The molecule has 14 heteroatoms. The van der Waals surface area contributed by atoms with Gasteiger partial charge in [0.15, 0.2) is 0 Å². The zero-order valence-electron chi connectivity index (χ0n) is 57.8. The van der Waals surface area contributed by atoms with Gasteiger partial charge in [0.25, 0.3) is 6.71 Å². The molecule has 105 heavy (non-hydrogen) atoms. The Morgan fingerprint density at radius 2 is 0.752 bits per heavy atom. The number of imidazole rings is 2. The summed E-state index contributed by atoms with van der Waals surface area (Å²) in [5, 5.41) is 0. The number of rotatable bonds is 14. The van der Waals surface area contributed by atoms with Gasteiger partial charge in [-0.3, -0.25) is 9.13 Å². The van der Waals surface area contributed by atoms with Crippen molar-refractivity contribution in [3.05, 3.63) is 329 Å². The highest BCUT2D eigenvalue weighted by Crippen LogP contribution is 2.43. The molecule has 0 amide bonds. The van der Waals surface area contributed by atoms with Crippen LogP contribution in [-0.2, 0) is 0 Å². The van der Waals surface area contributed by atoms with Crippen molar-refractivity contribution in [3.8, 4) is 126 Å². The molecule has 18 rings (SSSR count). The van der Waals surface area contributed by atoms with Crippen molar-refractivity contribution in [2.24, 2.45) is 0 Å². The van der Waals surface area contributed by atoms with Crippen molar-refractivity contribution in [2.75, 3.05) is 0 Å². The SMILES string of the molecule is C.Cc1cc(C)c(-n2c(-c3ccc(Oc4cccc(Oc5ccc(Oc6cc(-c7ccccc7)ccn6)cc5)c4Br)cc3)nc3ccccc32)c(C)c1.Cc1cc(C)c(-n2c(-c3ccc4c(c3)B3c5cc(Oc6cc(-c7ccccc7)ccn6)ccc5Oc5cccc(c53)O4)nc3ccccc32)c(C)c1. The van der Waals surface area contributed by atoms with Crippen molar-refractivity contribution >= 4 is 61.1 Å². The summed E-state index contributed by atoms with van der Waals surface area (Å²) in [6.45, 7) is 12.8. The molecule has 12 nitrogen and oxygen atoms in total. The molecule has 0 spiro atoms. The molecule has 510 valence electrons. The molecule has 0 saturated heterocycles. The van der Waals surface area contributed by atoms with Crippen LogP contribution < -0.4 is 44.8 Å². The van der Waals surface area contributed by atoms with Gasteiger partial charge in [-0.25, -0.2) is 19.9 Å². The van der Waals surface area contributed by atoms with Gasteiger partial charge in [0.1, 0.15) is 73.6 Å². The van der Waals surface area contributed by atoms with Crippen LogP contribution in [0.5, 0.6) is 69.3 Å². The molecule has 4 aromatic heterocycles. The second-order valence-corrected chi connectivity index (χ2v) is 27.0. The topological polar surface area (TPSA) is 117 Å². The number of halogens is 1. The molecule has 12 aromatic carbocycles. The van der Waals surface area contributed by atoms with E-state index in [2.05, 4.69) is 198 Å². The van der Waals surface area contributed by atoms with Gasteiger partial charge in [-0.05, 0) is 252 Å². The lowest BCUT2D eigenvalue weighted by molar-refractivity contribution is 0.448. The fourth-order valence-corrected chi connectivity index (χ4v) is 14.9. The molecular formula is C91H70BBrN6O6. The molecule has 0 atom stereocenters. The van der Waals surface area contributed by atoms with Crippen LogP contribution >= 0.6 is 15.9 Å². The molecule has 0 aliphatic carbocycles. The summed E-state index contributed by atoms with van der Waals surface area (Å²) in [6.07, 6.45) is 3.53. The highest BCUT2D eigenvalue weighted by molar-refractivity contribution is 9.10. The fourth-order valence-electron chi connectivity index (χ4n) is 14.5. The van der Waals surface area contributed by atoms with Crippen LogP contribution in [0, 0.1) is 41.5 Å². The Morgan fingerprint density at radius 1 is 0.343 bits per heavy atom. The summed E-state index contributed by atoms with van der Waals surface area (Å²) < 4.78 is 43.5. The molecule has 6 heterocycles. The summed E-state index contributed by atoms with van der Waals surface area (Å²) in [5.74, 6) is 9.90. The second-order valence-electron chi connectivity index (χ2n) is 26.2. The molecule has 0 saturated carbocycles. The van der Waals surface area contributed by atoms with Gasteiger partial charge in [0.05, 0.1) is 33.4 Å². The molecule has 0 bridgehead atoms. The lowest BCUT2D eigenvalue weighted by atomic mass is 9.34. The number of ether oxygens (including phenoxy) is 6. The standard InChI is InChI=1S/C45H32BN3O3.C45H34BrN3O3.CH4/c1-27-22-28(2)44(29(3)23-27)49-37-13-8-7-12-36(37)48-45(49)32-16-18-38-34(24-32)46-35-26-33(17-19-39(35)52-41-15-9-14-40(51-38)43(41)46)50-42-25-31(20-21-47-42)30-10-5-4-6-11-30;1-29-26-30(2)44(31(3)27-29)49-39-13-8-7-12-38(39)48-45(49)33-16-18-35(19-17-33)50-40-14-9-15-41(43(40)46)51-36-20-22-37(23-21-36)52-42-28-34(24-25-47-42)32-10-5-4-6-11-32;/h4-26H,1-3H3;4-28H,1-3H3;1H4. The van der Waals surface area contributed by atoms with Crippen LogP contribution in [0.1, 0.15) is 40.8 Å². The smallest absolute Gasteiger partial charge is 0.260 e. The molecule has 0 fully saturated rings. The maximum absolute atomic E-state index is 6.59. The second kappa shape index (κ2) is 28.2. The number of aryl methyl sites for hydroxylation is 6. The summed E-state index contributed by atoms with van der Waals surface area (Å²) >= 11 is 3.71. The Labute approximate surface area is 618 Å². The van der Waals surface area contributed by atoms with Gasteiger partial charge in [-0.2, -0.15) is 0 Å². The minimum Gasteiger partial charge on any atom is -0.458 e. The third-order valence-corrected chi connectivity index (χ3v) is 19.7. The maximum Gasteiger partial charge on any atom is 0.260 e. The van der Waals surface area contributed by atoms with Gasteiger partial charge in [0.2, 0.25) is 11.8 Å². The first-order valence-corrected chi connectivity index (χ1v) is 35.3. The number of nitrogens with zero attached hydrogens (tertiary/aromatic N) is 6. The molecule has 0 unspecified atom stereocenters. The highest BCUT2D eigenvalue weighted by atomic mass is 79.9. The van der Waals surface area contributed by atoms with Crippen LogP contribution in [0.15, 0.2) is 296 Å². The van der Waals surface area contributed by atoms with Crippen molar-refractivity contribution in [1.29, 1.82) is 0 Å². The number of pyridine rings is 2. The lowest BCUT2D eigenvalue weighted by Gasteiger charge is -2.33. The van der Waals surface area contributed by atoms with Crippen LogP contribution in [-0.4, -0.2) is 35.8 Å². The Balaban J connectivity index is 0.000000160. The molecule has 2 aliphatic heterocycles. The van der Waals surface area contributed by atoms with Crippen molar-refractivity contribution in [3.63, 3.8) is 0 Å². The van der Waals surface area contributed by atoms with E-state index in [1.54, 1.807) is 12.4 Å². The summed E-state index contributed by atoms with van der Waals surface area (Å²) in [6, 6.07) is 93.4. The van der Waals surface area contributed by atoms with Crippen molar-refractivity contribution in [1.82, 2.24) is 29.1 Å². The molecule has 2 aliphatic rings. The Bertz CT molecular complexity index is 5920. The zero-order chi connectivity index (χ0) is 70.5. The predicted octanol–water partition coefficient (Wildman–Crippen LogP) is 22.7. The van der Waals surface area contributed by atoms with E-state index in [-0.39, 0.29) is 14.1 Å². The molecular weight excluding hydrogens is 1360 g/mol. The number of hydrogen-bond donors (Lipinski definition) is 0. The zero-order valence-corrected chi connectivity index (χ0v) is 59.4. The monoisotopic (exact) mass is 1430 g/mol. The van der Waals surface area contributed by atoms with Gasteiger partial charge >= 0.3 is 0 Å². The van der Waals surface area contributed by atoms with Crippen LogP contribution in [0.25, 0.3) is 78.5 Å². The number of benzene rings is 12. The first-order chi connectivity index (χ1) is 50.9. The first kappa shape index (κ1) is 66.8. The van der Waals surface area contributed by atoms with E-state index in [0.29, 0.717) is 50.7 Å². The normalized spacial score (nSPS) is 11.6. The van der Waals surface area contributed by atoms with Gasteiger partial charge in [0, 0.05) is 41.1 Å². The summed E-state index contributed by atoms with van der Waals surface area (Å²) in [5.41, 5.74) is 23.0. The number of fused-ring (bicyclic) bond motifs is 6. The summed E-state index contributed by atoms with van der Waals surface area (Å²) in [7, 11) is 0. The van der Waals surface area contributed by atoms with Crippen LogP contribution in [0.3, 0.4) is 0 Å². The minimum atomic E-state index is -0.161. The molecule has 0 N–H and O–H groups in total. The fraction of sp³-hybridized carbons (Fsp3) is 0.0769. The van der Waals surface area contributed by atoms with Crippen LogP contribution in [0.4, 0.5) is 0 Å². The number of para-hydroxylation sites is 4. The van der Waals surface area contributed by atoms with Crippen molar-refractivity contribution < 1.29 is 28.4 Å². The number of hydrogen-bond acceptors (Lipinski definition) is 10. The Morgan fingerprint density at radius 3 is 1.27 bits per heavy atom. The van der Waals surface area contributed by atoms with E-state index in [9.17, 15) is 0 Å². The third-order valence-electron chi connectivity index (χ3n) is 18.9. The quantitative estimate of drug-likeness (QED) is 0.0974. The van der Waals surface area contributed by atoms with E-state index < -0.39 is 0 Å². The lowest BCUT2D eigenvalue weighted by Crippen LogP contribution is -2.57. The van der Waals surface area contributed by atoms with Crippen LogP contribution in [0.2, 0.25) is 0 Å². The van der Waals surface area contributed by atoms with E-state index in [0.717, 1.165) is 118 Å². The van der Waals surface area contributed by atoms with Gasteiger partial charge in [-0.1, -0.05) is 146 Å². The Kier molecular flexibility index (Phi) is 17.9. The number of aromatic nitrogens is 6. The third kappa shape index (κ3) is 13.1. The average Bonchev–Trinajstić information content (AvgIpc) is 1.20. The minimum absolute atomic E-state index is 0. The largest absolute Gasteiger partial charge is 0.458 e. The van der Waals surface area contributed by atoms with Crippen molar-refractivity contribution in [2.45, 2.75) is 49.0 Å².